The quantitative estimate of drug-likeness (QED) is 0.906. The zero-order chi connectivity index (χ0) is 14.2. The van der Waals surface area contributed by atoms with Gasteiger partial charge in [-0.1, -0.05) is 33.6 Å². The number of nitrogens with one attached hydrogen (secondary N) is 1. The van der Waals surface area contributed by atoms with Crippen LogP contribution in [0.3, 0.4) is 0 Å². The van der Waals surface area contributed by atoms with Crippen LogP contribution in [0.2, 0.25) is 5.02 Å². The molecular formula is C14H17BrClN3. The summed E-state index contributed by atoms with van der Waals surface area (Å²) in [5.74, 6) is 0. The Labute approximate surface area is 127 Å². The van der Waals surface area contributed by atoms with Gasteiger partial charge in [0.25, 0.3) is 0 Å². The van der Waals surface area contributed by atoms with Gasteiger partial charge in [0.15, 0.2) is 0 Å². The third-order valence-electron chi connectivity index (χ3n) is 3.33. The fraction of sp³-hybridized carbons (Fsp3) is 0.357. The van der Waals surface area contributed by atoms with Gasteiger partial charge in [-0.2, -0.15) is 5.10 Å². The summed E-state index contributed by atoms with van der Waals surface area (Å²) in [7, 11) is 1.95. The molecule has 0 aliphatic rings. The highest BCUT2D eigenvalue weighted by Gasteiger charge is 2.13. The van der Waals surface area contributed by atoms with E-state index in [4.69, 9.17) is 11.6 Å². The summed E-state index contributed by atoms with van der Waals surface area (Å²) in [5, 5.41) is 8.42. The van der Waals surface area contributed by atoms with Crippen LogP contribution in [0.25, 0.3) is 5.69 Å². The maximum atomic E-state index is 6.19. The molecule has 0 amide bonds. The van der Waals surface area contributed by atoms with Gasteiger partial charge < -0.3 is 5.32 Å². The number of hydrogen-bond acceptors (Lipinski definition) is 2. The summed E-state index contributed by atoms with van der Waals surface area (Å²) in [6.45, 7) is 6.01. The number of aromatic nitrogens is 2. The summed E-state index contributed by atoms with van der Waals surface area (Å²) in [6, 6.07) is 6.53. The summed E-state index contributed by atoms with van der Waals surface area (Å²) in [4.78, 5) is 0. The molecule has 3 nitrogen and oxygen atoms in total. The number of aryl methyl sites for hydroxylation is 1. The second kappa shape index (κ2) is 5.65. The van der Waals surface area contributed by atoms with E-state index in [-0.39, 0.29) is 0 Å². The van der Waals surface area contributed by atoms with Crippen LogP contribution in [0.5, 0.6) is 0 Å². The van der Waals surface area contributed by atoms with Crippen molar-refractivity contribution in [1.82, 2.24) is 15.1 Å². The van der Waals surface area contributed by atoms with E-state index in [2.05, 4.69) is 51.5 Å². The summed E-state index contributed by atoms with van der Waals surface area (Å²) in [5.41, 5.74) is 4.04. The van der Waals surface area contributed by atoms with Crippen molar-refractivity contribution >= 4 is 27.5 Å². The molecule has 2 rings (SSSR count). The van der Waals surface area contributed by atoms with Gasteiger partial charge in [0, 0.05) is 10.5 Å². The van der Waals surface area contributed by atoms with Gasteiger partial charge in [0.1, 0.15) is 0 Å². The lowest BCUT2D eigenvalue weighted by atomic mass is 10.1. The molecule has 1 unspecified atom stereocenters. The van der Waals surface area contributed by atoms with E-state index in [1.54, 1.807) is 0 Å². The standard InChI is InChI=1S/C14H17BrClN3/c1-8(17-4)12-6-5-11(7-13(12)15)19-10(3)14(16)9(2)18-19/h5-8,17H,1-4H3. The molecule has 0 aliphatic carbocycles. The number of hydrogen-bond donors (Lipinski definition) is 1. The summed E-state index contributed by atoms with van der Waals surface area (Å²) in [6.07, 6.45) is 0. The van der Waals surface area contributed by atoms with Gasteiger partial charge in [0.05, 0.1) is 22.1 Å². The summed E-state index contributed by atoms with van der Waals surface area (Å²) < 4.78 is 2.94. The number of halogens is 2. The SMILES string of the molecule is CNC(C)c1ccc(-n2nc(C)c(Cl)c2C)cc1Br. The van der Waals surface area contributed by atoms with Crippen molar-refractivity contribution in [2.24, 2.45) is 0 Å². The Balaban J connectivity index is 2.47. The molecule has 19 heavy (non-hydrogen) atoms. The zero-order valence-electron chi connectivity index (χ0n) is 11.5. The average molecular weight is 343 g/mol. The molecule has 0 saturated carbocycles. The van der Waals surface area contributed by atoms with Crippen molar-refractivity contribution in [2.45, 2.75) is 26.8 Å². The molecule has 1 N–H and O–H groups in total. The van der Waals surface area contributed by atoms with E-state index in [9.17, 15) is 0 Å². The first-order valence-electron chi connectivity index (χ1n) is 6.14. The highest BCUT2D eigenvalue weighted by molar-refractivity contribution is 9.10. The van der Waals surface area contributed by atoms with E-state index in [1.807, 2.05) is 25.6 Å². The molecule has 0 fully saturated rings. The highest BCUT2D eigenvalue weighted by atomic mass is 79.9. The minimum atomic E-state index is 0.299. The van der Waals surface area contributed by atoms with E-state index >= 15 is 0 Å². The molecule has 1 atom stereocenters. The van der Waals surface area contributed by atoms with Gasteiger partial charge in [-0.05, 0) is 45.5 Å². The molecular weight excluding hydrogens is 326 g/mol. The fourth-order valence-corrected chi connectivity index (χ4v) is 2.86. The van der Waals surface area contributed by atoms with Gasteiger partial charge in [-0.3, -0.25) is 0 Å². The molecule has 5 heteroatoms. The molecule has 0 saturated heterocycles. The Morgan fingerprint density at radius 1 is 1.37 bits per heavy atom. The molecule has 1 heterocycles. The smallest absolute Gasteiger partial charge is 0.0848 e. The van der Waals surface area contributed by atoms with Crippen LogP contribution in [0.1, 0.15) is 29.9 Å². The fourth-order valence-electron chi connectivity index (χ4n) is 2.03. The van der Waals surface area contributed by atoms with Crippen molar-refractivity contribution in [3.8, 4) is 5.69 Å². The Hall–Kier alpha value is -0.840. The Morgan fingerprint density at radius 3 is 2.53 bits per heavy atom. The van der Waals surface area contributed by atoms with Crippen LogP contribution in [0.15, 0.2) is 22.7 Å². The van der Waals surface area contributed by atoms with Gasteiger partial charge in [0.2, 0.25) is 0 Å². The van der Waals surface area contributed by atoms with Crippen molar-refractivity contribution in [3.63, 3.8) is 0 Å². The summed E-state index contributed by atoms with van der Waals surface area (Å²) >= 11 is 9.81. The molecule has 2 aromatic rings. The van der Waals surface area contributed by atoms with Crippen molar-refractivity contribution in [2.75, 3.05) is 7.05 Å². The first-order valence-corrected chi connectivity index (χ1v) is 7.31. The van der Waals surface area contributed by atoms with Crippen LogP contribution in [-0.2, 0) is 0 Å². The number of nitrogens with zero attached hydrogens (tertiary/aromatic N) is 2. The maximum absolute atomic E-state index is 6.19. The van der Waals surface area contributed by atoms with Gasteiger partial charge in [-0.25, -0.2) is 4.68 Å². The zero-order valence-corrected chi connectivity index (χ0v) is 13.8. The second-order valence-corrected chi connectivity index (χ2v) is 5.85. The monoisotopic (exact) mass is 341 g/mol. The molecule has 0 radical (unpaired) electrons. The molecule has 1 aromatic heterocycles. The van der Waals surface area contributed by atoms with E-state index in [0.29, 0.717) is 6.04 Å². The molecule has 0 aliphatic heterocycles. The highest BCUT2D eigenvalue weighted by Crippen LogP contribution is 2.28. The van der Waals surface area contributed by atoms with Crippen molar-refractivity contribution < 1.29 is 0 Å². The van der Waals surface area contributed by atoms with E-state index in [1.165, 1.54) is 5.56 Å². The average Bonchev–Trinajstić information content (AvgIpc) is 2.65. The molecule has 102 valence electrons. The Kier molecular flexibility index (Phi) is 4.33. The van der Waals surface area contributed by atoms with Crippen LogP contribution in [0, 0.1) is 13.8 Å². The van der Waals surface area contributed by atoms with Crippen LogP contribution in [-0.4, -0.2) is 16.8 Å². The lowest BCUT2D eigenvalue weighted by molar-refractivity contribution is 0.649. The normalized spacial score (nSPS) is 12.7. The van der Waals surface area contributed by atoms with E-state index < -0.39 is 0 Å². The van der Waals surface area contributed by atoms with Crippen LogP contribution in [0.4, 0.5) is 0 Å². The predicted octanol–water partition coefficient (Wildman–Crippen LogP) is 4.19. The Bertz CT molecular complexity index is 607. The third kappa shape index (κ3) is 2.71. The minimum absolute atomic E-state index is 0.299. The van der Waals surface area contributed by atoms with Gasteiger partial charge >= 0.3 is 0 Å². The lowest BCUT2D eigenvalue weighted by Crippen LogP contribution is -2.13. The predicted molar refractivity (Wildman–Crippen MR) is 83.2 cm³/mol. The second-order valence-electron chi connectivity index (χ2n) is 4.61. The number of rotatable bonds is 3. The minimum Gasteiger partial charge on any atom is -0.313 e. The first kappa shape index (κ1) is 14.6. The van der Waals surface area contributed by atoms with Gasteiger partial charge in [-0.15, -0.1) is 0 Å². The van der Waals surface area contributed by atoms with Crippen molar-refractivity contribution in [1.29, 1.82) is 0 Å². The molecule has 1 aromatic carbocycles. The topological polar surface area (TPSA) is 29.9 Å². The van der Waals surface area contributed by atoms with E-state index in [0.717, 1.165) is 26.6 Å². The first-order chi connectivity index (χ1) is 8.95. The molecule has 0 spiro atoms. The lowest BCUT2D eigenvalue weighted by Gasteiger charge is -2.14. The van der Waals surface area contributed by atoms with Crippen LogP contribution < -0.4 is 5.32 Å². The Morgan fingerprint density at radius 2 is 2.05 bits per heavy atom. The van der Waals surface area contributed by atoms with Crippen LogP contribution >= 0.6 is 27.5 Å². The largest absolute Gasteiger partial charge is 0.313 e. The third-order valence-corrected chi connectivity index (χ3v) is 4.56. The van der Waals surface area contributed by atoms with Crippen molar-refractivity contribution in [3.05, 3.63) is 44.6 Å². The maximum Gasteiger partial charge on any atom is 0.0848 e. The molecule has 0 bridgehead atoms. The number of benzene rings is 1.